The summed E-state index contributed by atoms with van der Waals surface area (Å²) < 4.78 is 0. The molecule has 1 atom stereocenters. The van der Waals surface area contributed by atoms with Crippen LogP contribution in [0.15, 0.2) is 0 Å². The molecule has 4 heteroatoms. The van der Waals surface area contributed by atoms with Crippen LogP contribution in [0.2, 0.25) is 0 Å². The zero-order valence-electron chi connectivity index (χ0n) is 14.5. The molecule has 22 heavy (non-hydrogen) atoms. The predicted octanol–water partition coefficient (Wildman–Crippen LogP) is 3.68. The van der Waals surface area contributed by atoms with Crippen molar-refractivity contribution >= 4 is 17.7 Å². The van der Waals surface area contributed by atoms with Crippen LogP contribution >= 0.6 is 11.8 Å². The summed E-state index contributed by atoms with van der Waals surface area (Å²) >= 11 is 1.78. The third kappa shape index (κ3) is 6.49. The Labute approximate surface area is 141 Å². The highest BCUT2D eigenvalue weighted by atomic mass is 32.2. The van der Waals surface area contributed by atoms with E-state index in [1.165, 1.54) is 51.5 Å². The molecule has 2 rings (SSSR count). The Kier molecular flexibility index (Phi) is 8.09. The molecule has 1 unspecified atom stereocenters. The number of nitrogens with zero attached hydrogens (tertiary/aromatic N) is 1. The minimum absolute atomic E-state index is 0.237. The monoisotopic (exact) mass is 326 g/mol. The van der Waals surface area contributed by atoms with E-state index in [0.29, 0.717) is 11.8 Å². The van der Waals surface area contributed by atoms with E-state index in [-0.39, 0.29) is 5.91 Å². The zero-order chi connectivity index (χ0) is 15.8. The predicted molar refractivity (Wildman–Crippen MR) is 96.4 cm³/mol. The highest BCUT2D eigenvalue weighted by Gasteiger charge is 2.29. The third-order valence-electron chi connectivity index (χ3n) is 5.00. The van der Waals surface area contributed by atoms with Gasteiger partial charge in [0.25, 0.3) is 0 Å². The molecule has 0 aromatic heterocycles. The first-order valence-corrected chi connectivity index (χ1v) is 10.4. The van der Waals surface area contributed by atoms with Crippen LogP contribution in [-0.4, -0.2) is 47.5 Å². The largest absolute Gasteiger partial charge is 0.351 e. The number of thioether (sulfide) groups is 1. The summed E-state index contributed by atoms with van der Waals surface area (Å²) in [5.41, 5.74) is 0. The fraction of sp³-hybridized carbons (Fsp3) is 0.944. The number of nitrogens with one attached hydrogen (secondary N) is 1. The number of hydrogen-bond donors (Lipinski definition) is 1. The summed E-state index contributed by atoms with van der Waals surface area (Å²) in [5.74, 6) is 2.70. The first-order chi connectivity index (χ1) is 10.6. The van der Waals surface area contributed by atoms with Crippen LogP contribution in [0.1, 0.15) is 65.2 Å². The van der Waals surface area contributed by atoms with Crippen LogP contribution in [0.5, 0.6) is 0 Å². The molecule has 128 valence electrons. The van der Waals surface area contributed by atoms with Crippen LogP contribution in [0, 0.1) is 5.92 Å². The fourth-order valence-electron chi connectivity index (χ4n) is 3.61. The van der Waals surface area contributed by atoms with Crippen molar-refractivity contribution in [1.29, 1.82) is 0 Å². The summed E-state index contributed by atoms with van der Waals surface area (Å²) in [4.78, 5) is 14.7. The van der Waals surface area contributed by atoms with E-state index in [1.807, 2.05) is 0 Å². The van der Waals surface area contributed by atoms with Crippen LogP contribution in [0.4, 0.5) is 0 Å². The second-order valence-corrected chi connectivity index (χ2v) is 8.53. The van der Waals surface area contributed by atoms with E-state index in [4.69, 9.17) is 0 Å². The van der Waals surface area contributed by atoms with Crippen LogP contribution in [0.3, 0.4) is 0 Å². The third-order valence-corrected chi connectivity index (χ3v) is 5.99. The molecule has 1 amide bonds. The quantitative estimate of drug-likeness (QED) is 0.572. The molecule has 2 fully saturated rings. The maximum absolute atomic E-state index is 12.0. The minimum atomic E-state index is 0.237. The van der Waals surface area contributed by atoms with Gasteiger partial charge in [0, 0.05) is 25.2 Å². The lowest BCUT2D eigenvalue weighted by Crippen LogP contribution is -2.40. The molecule has 0 spiro atoms. The number of hydrogen-bond acceptors (Lipinski definition) is 3. The fourth-order valence-corrected chi connectivity index (χ4v) is 4.66. The van der Waals surface area contributed by atoms with Gasteiger partial charge in [-0.15, -0.1) is 0 Å². The van der Waals surface area contributed by atoms with Gasteiger partial charge in [0.05, 0.1) is 5.75 Å². The summed E-state index contributed by atoms with van der Waals surface area (Å²) in [5, 5.41) is 3.25. The lowest BCUT2D eigenvalue weighted by atomic mass is 10.1. The standard InChI is InChI=1S/C18H34N2OS/c1-15(2)10-12-22-14-18(21)19-16-9-11-20(13-16)17-7-5-3-4-6-8-17/h15-17H,3-14H2,1-2H3,(H,19,21). The average molecular weight is 327 g/mol. The Bertz CT molecular complexity index is 327. The van der Waals surface area contributed by atoms with Crippen molar-refractivity contribution in [3.05, 3.63) is 0 Å². The molecule has 0 radical (unpaired) electrons. The van der Waals surface area contributed by atoms with E-state index >= 15 is 0 Å². The second-order valence-electron chi connectivity index (χ2n) is 7.43. The molecule has 0 bridgehead atoms. The van der Waals surface area contributed by atoms with Crippen molar-refractivity contribution in [3.8, 4) is 0 Å². The van der Waals surface area contributed by atoms with Gasteiger partial charge in [0.2, 0.25) is 5.91 Å². The van der Waals surface area contributed by atoms with Gasteiger partial charge in [0.15, 0.2) is 0 Å². The SMILES string of the molecule is CC(C)CCSCC(=O)NC1CCN(C2CCCCCC2)C1. The van der Waals surface area contributed by atoms with Gasteiger partial charge < -0.3 is 5.32 Å². The van der Waals surface area contributed by atoms with Crippen molar-refractivity contribution in [2.45, 2.75) is 77.3 Å². The number of rotatable bonds is 7. The summed E-state index contributed by atoms with van der Waals surface area (Å²) in [6.45, 7) is 6.73. The number of likely N-dealkylation sites (tertiary alicyclic amines) is 1. The summed E-state index contributed by atoms with van der Waals surface area (Å²) in [7, 11) is 0. The van der Waals surface area contributed by atoms with Crippen LogP contribution in [-0.2, 0) is 4.79 Å². The van der Waals surface area contributed by atoms with Crippen molar-refractivity contribution in [1.82, 2.24) is 10.2 Å². The molecule has 1 saturated heterocycles. The van der Waals surface area contributed by atoms with E-state index in [2.05, 4.69) is 24.1 Å². The molecule has 1 aliphatic heterocycles. The molecule has 3 nitrogen and oxygen atoms in total. The maximum Gasteiger partial charge on any atom is 0.230 e. The smallest absolute Gasteiger partial charge is 0.230 e. The molecule has 1 saturated carbocycles. The van der Waals surface area contributed by atoms with Crippen molar-refractivity contribution in [2.24, 2.45) is 5.92 Å². The van der Waals surface area contributed by atoms with Crippen LogP contribution in [0.25, 0.3) is 0 Å². The Morgan fingerprint density at radius 2 is 1.91 bits per heavy atom. The van der Waals surface area contributed by atoms with Crippen molar-refractivity contribution in [2.75, 3.05) is 24.6 Å². The Balaban J connectivity index is 1.62. The molecular weight excluding hydrogens is 292 g/mol. The maximum atomic E-state index is 12.0. The molecular formula is C18H34N2OS. The number of carbonyl (C=O) groups is 1. The van der Waals surface area contributed by atoms with E-state index in [1.54, 1.807) is 11.8 Å². The molecule has 1 N–H and O–H groups in total. The topological polar surface area (TPSA) is 32.3 Å². The minimum Gasteiger partial charge on any atom is -0.351 e. The average Bonchev–Trinajstić information content (AvgIpc) is 2.76. The highest BCUT2D eigenvalue weighted by Crippen LogP contribution is 2.25. The molecule has 2 aliphatic rings. The molecule has 0 aromatic rings. The Morgan fingerprint density at radius 1 is 1.18 bits per heavy atom. The van der Waals surface area contributed by atoms with Crippen molar-refractivity contribution in [3.63, 3.8) is 0 Å². The van der Waals surface area contributed by atoms with E-state index in [0.717, 1.165) is 30.7 Å². The molecule has 1 aliphatic carbocycles. The van der Waals surface area contributed by atoms with Gasteiger partial charge in [-0.2, -0.15) is 11.8 Å². The van der Waals surface area contributed by atoms with E-state index in [9.17, 15) is 4.79 Å². The normalized spacial score (nSPS) is 24.6. The highest BCUT2D eigenvalue weighted by molar-refractivity contribution is 7.99. The van der Waals surface area contributed by atoms with E-state index < -0.39 is 0 Å². The molecule has 0 aromatic carbocycles. The number of carbonyl (C=O) groups excluding carboxylic acids is 1. The summed E-state index contributed by atoms with van der Waals surface area (Å²) in [6, 6.07) is 1.17. The molecule has 1 heterocycles. The van der Waals surface area contributed by atoms with Gasteiger partial charge in [-0.25, -0.2) is 0 Å². The second kappa shape index (κ2) is 9.82. The summed E-state index contributed by atoms with van der Waals surface area (Å²) in [6.07, 6.45) is 10.7. The van der Waals surface area contributed by atoms with Crippen molar-refractivity contribution < 1.29 is 4.79 Å². The first-order valence-electron chi connectivity index (χ1n) is 9.26. The van der Waals surface area contributed by atoms with Gasteiger partial charge >= 0.3 is 0 Å². The first kappa shape index (κ1) is 18.1. The number of amides is 1. The van der Waals surface area contributed by atoms with Gasteiger partial charge in [-0.1, -0.05) is 39.5 Å². The van der Waals surface area contributed by atoms with Gasteiger partial charge in [0.1, 0.15) is 0 Å². The van der Waals surface area contributed by atoms with Gasteiger partial charge in [-0.05, 0) is 37.4 Å². The lowest BCUT2D eigenvalue weighted by Gasteiger charge is -2.26. The van der Waals surface area contributed by atoms with Gasteiger partial charge in [-0.3, -0.25) is 9.69 Å². The zero-order valence-corrected chi connectivity index (χ0v) is 15.3. The Hall–Kier alpha value is -0.220. The lowest BCUT2D eigenvalue weighted by molar-refractivity contribution is -0.119. The Morgan fingerprint density at radius 3 is 2.59 bits per heavy atom. The van der Waals surface area contributed by atoms with Crippen LogP contribution < -0.4 is 5.32 Å².